The van der Waals surface area contributed by atoms with Gasteiger partial charge in [-0.1, -0.05) is 18.2 Å². The van der Waals surface area contributed by atoms with E-state index in [-0.39, 0.29) is 6.54 Å². The predicted octanol–water partition coefficient (Wildman–Crippen LogP) is 2.94. The van der Waals surface area contributed by atoms with Gasteiger partial charge in [0.25, 0.3) is 0 Å². The lowest BCUT2D eigenvalue weighted by Crippen LogP contribution is -2.37. The molecule has 0 aliphatic heterocycles. The topological polar surface area (TPSA) is 91.4 Å². The smallest absolute Gasteiger partial charge is 0.407 e. The van der Waals surface area contributed by atoms with Gasteiger partial charge < -0.3 is 20.1 Å². The van der Waals surface area contributed by atoms with Gasteiger partial charge in [0.1, 0.15) is 5.60 Å². The largest absolute Gasteiger partial charge is 0.481 e. The fourth-order valence-electron chi connectivity index (χ4n) is 2.33. The molecular weight excluding hydrogens is 296 g/mol. The maximum absolute atomic E-state index is 11.7. The number of aromatic amines is 1. The number of aliphatic carboxylic acids is 1. The van der Waals surface area contributed by atoms with Gasteiger partial charge in [-0.15, -0.1) is 0 Å². The summed E-state index contributed by atoms with van der Waals surface area (Å²) in [7, 11) is 0. The van der Waals surface area contributed by atoms with E-state index in [0.717, 1.165) is 16.5 Å². The summed E-state index contributed by atoms with van der Waals surface area (Å²) in [5, 5.41) is 12.9. The molecule has 3 N–H and O–H groups in total. The number of carboxylic acids is 1. The first-order valence-electron chi connectivity index (χ1n) is 7.51. The molecule has 1 aromatic heterocycles. The number of H-pyrrole nitrogens is 1. The van der Waals surface area contributed by atoms with Crippen molar-refractivity contribution in [3.05, 3.63) is 36.0 Å². The lowest BCUT2D eigenvalue weighted by Gasteiger charge is -2.20. The highest BCUT2D eigenvalue weighted by molar-refractivity contribution is 5.84. The highest BCUT2D eigenvalue weighted by Gasteiger charge is 2.22. The number of amides is 1. The van der Waals surface area contributed by atoms with Crippen LogP contribution in [0.25, 0.3) is 10.9 Å². The number of benzene rings is 1. The molecule has 1 aromatic carbocycles. The van der Waals surface area contributed by atoms with Crippen LogP contribution in [0.2, 0.25) is 0 Å². The molecule has 6 heteroatoms. The minimum Gasteiger partial charge on any atom is -0.481 e. The van der Waals surface area contributed by atoms with E-state index in [2.05, 4.69) is 10.3 Å². The normalized spacial score (nSPS) is 12.8. The Morgan fingerprint density at radius 3 is 2.65 bits per heavy atom. The number of rotatable bonds is 5. The Morgan fingerprint density at radius 1 is 1.30 bits per heavy atom. The number of carbonyl (C=O) groups is 2. The SMILES string of the molecule is CC(C)(C)OC(=O)NCC(Cc1c[nH]c2ccccc12)C(=O)O. The Morgan fingerprint density at radius 2 is 2.00 bits per heavy atom. The summed E-state index contributed by atoms with van der Waals surface area (Å²) in [6, 6.07) is 7.71. The first kappa shape index (κ1) is 16.9. The van der Waals surface area contributed by atoms with Crippen molar-refractivity contribution in [2.24, 2.45) is 5.92 Å². The molecule has 6 nitrogen and oxygen atoms in total. The lowest BCUT2D eigenvalue weighted by molar-refractivity contribution is -0.141. The molecule has 1 heterocycles. The molecular formula is C17H22N2O4. The molecule has 0 aliphatic carbocycles. The maximum atomic E-state index is 11.7. The summed E-state index contributed by atoms with van der Waals surface area (Å²) >= 11 is 0. The Balaban J connectivity index is 2.02. The van der Waals surface area contributed by atoms with Crippen LogP contribution in [0.3, 0.4) is 0 Å². The molecule has 0 bridgehead atoms. The molecule has 1 amide bonds. The van der Waals surface area contributed by atoms with E-state index >= 15 is 0 Å². The quantitative estimate of drug-likeness (QED) is 0.790. The minimum atomic E-state index is -0.952. The molecule has 0 fully saturated rings. The maximum Gasteiger partial charge on any atom is 0.407 e. The molecule has 0 spiro atoms. The fourth-order valence-corrected chi connectivity index (χ4v) is 2.33. The number of hydrogen-bond acceptors (Lipinski definition) is 3. The van der Waals surface area contributed by atoms with Gasteiger partial charge in [0, 0.05) is 23.6 Å². The number of nitrogens with one attached hydrogen (secondary N) is 2. The van der Waals surface area contributed by atoms with Crippen molar-refractivity contribution in [2.75, 3.05) is 6.54 Å². The third-order valence-electron chi connectivity index (χ3n) is 3.38. The molecule has 0 radical (unpaired) electrons. The number of carboxylic acid groups (broad SMARTS) is 1. The number of para-hydroxylation sites is 1. The molecule has 124 valence electrons. The van der Waals surface area contributed by atoms with Crippen LogP contribution in [0, 0.1) is 5.92 Å². The van der Waals surface area contributed by atoms with E-state index in [1.807, 2.05) is 30.5 Å². The highest BCUT2D eigenvalue weighted by Crippen LogP contribution is 2.20. The molecule has 1 atom stereocenters. The number of ether oxygens (including phenoxy) is 1. The molecule has 23 heavy (non-hydrogen) atoms. The highest BCUT2D eigenvalue weighted by atomic mass is 16.6. The third kappa shape index (κ3) is 4.74. The van der Waals surface area contributed by atoms with Crippen LogP contribution in [-0.2, 0) is 16.0 Å². The van der Waals surface area contributed by atoms with Crippen molar-refractivity contribution in [1.82, 2.24) is 10.3 Å². The second kappa shape index (κ2) is 6.73. The van der Waals surface area contributed by atoms with Gasteiger partial charge in [-0.25, -0.2) is 4.79 Å². The average molecular weight is 318 g/mol. The second-order valence-corrected chi connectivity index (χ2v) is 6.48. The summed E-state index contributed by atoms with van der Waals surface area (Å²) in [4.78, 5) is 26.2. The average Bonchev–Trinajstić information content (AvgIpc) is 2.84. The molecule has 0 aliphatic rings. The number of alkyl carbamates (subject to hydrolysis) is 1. The minimum absolute atomic E-state index is 0.0176. The summed E-state index contributed by atoms with van der Waals surface area (Å²) in [6.45, 7) is 5.29. The van der Waals surface area contributed by atoms with Gasteiger partial charge in [-0.2, -0.15) is 0 Å². The van der Waals surface area contributed by atoms with Crippen LogP contribution >= 0.6 is 0 Å². The Bertz CT molecular complexity index is 700. The van der Waals surface area contributed by atoms with E-state index < -0.39 is 23.6 Å². The summed E-state index contributed by atoms with van der Waals surface area (Å²) in [5.74, 6) is -1.67. The van der Waals surface area contributed by atoms with E-state index in [1.165, 1.54) is 0 Å². The Kier molecular flexibility index (Phi) is 4.93. The molecule has 1 unspecified atom stereocenters. The van der Waals surface area contributed by atoms with Gasteiger partial charge in [0.05, 0.1) is 5.92 Å². The van der Waals surface area contributed by atoms with E-state index in [1.54, 1.807) is 20.8 Å². The summed E-state index contributed by atoms with van der Waals surface area (Å²) in [5.41, 5.74) is 1.27. The van der Waals surface area contributed by atoms with Crippen LogP contribution in [-0.4, -0.2) is 34.3 Å². The predicted molar refractivity (Wildman–Crippen MR) is 87.4 cm³/mol. The first-order chi connectivity index (χ1) is 10.8. The van der Waals surface area contributed by atoms with Crippen LogP contribution in [0.15, 0.2) is 30.5 Å². The van der Waals surface area contributed by atoms with Crippen molar-refractivity contribution in [2.45, 2.75) is 32.8 Å². The van der Waals surface area contributed by atoms with Gasteiger partial charge in [0.15, 0.2) is 0 Å². The van der Waals surface area contributed by atoms with Crippen LogP contribution in [0.4, 0.5) is 4.79 Å². The molecule has 2 aromatic rings. The number of carbonyl (C=O) groups excluding carboxylic acids is 1. The van der Waals surface area contributed by atoms with Crippen LogP contribution in [0.5, 0.6) is 0 Å². The van der Waals surface area contributed by atoms with Crippen LogP contribution < -0.4 is 5.32 Å². The van der Waals surface area contributed by atoms with E-state index in [9.17, 15) is 14.7 Å². The lowest BCUT2D eigenvalue weighted by atomic mass is 9.99. The summed E-state index contributed by atoms with van der Waals surface area (Å²) < 4.78 is 5.12. The monoisotopic (exact) mass is 318 g/mol. The van der Waals surface area contributed by atoms with E-state index in [4.69, 9.17) is 4.74 Å². The second-order valence-electron chi connectivity index (χ2n) is 6.48. The zero-order valence-corrected chi connectivity index (χ0v) is 13.6. The Hall–Kier alpha value is -2.50. The first-order valence-corrected chi connectivity index (χ1v) is 7.51. The number of fused-ring (bicyclic) bond motifs is 1. The van der Waals surface area contributed by atoms with Crippen molar-refractivity contribution in [3.63, 3.8) is 0 Å². The zero-order chi connectivity index (χ0) is 17.0. The van der Waals surface area contributed by atoms with Crippen molar-refractivity contribution >= 4 is 23.0 Å². The van der Waals surface area contributed by atoms with Gasteiger partial charge >= 0.3 is 12.1 Å². The van der Waals surface area contributed by atoms with E-state index in [0.29, 0.717) is 6.42 Å². The third-order valence-corrected chi connectivity index (χ3v) is 3.38. The van der Waals surface area contributed by atoms with Crippen molar-refractivity contribution in [1.29, 1.82) is 0 Å². The number of aromatic nitrogens is 1. The van der Waals surface area contributed by atoms with Gasteiger partial charge in [-0.3, -0.25) is 4.79 Å². The fraction of sp³-hybridized carbons (Fsp3) is 0.412. The van der Waals surface area contributed by atoms with Crippen LogP contribution in [0.1, 0.15) is 26.3 Å². The van der Waals surface area contributed by atoms with Gasteiger partial charge in [-0.05, 0) is 38.8 Å². The Labute approximate surface area is 134 Å². The number of hydrogen-bond donors (Lipinski definition) is 3. The zero-order valence-electron chi connectivity index (χ0n) is 13.6. The van der Waals surface area contributed by atoms with Crippen molar-refractivity contribution in [3.8, 4) is 0 Å². The molecule has 0 saturated carbocycles. The molecule has 0 saturated heterocycles. The molecule has 2 rings (SSSR count). The standard InChI is InChI=1S/C17H22N2O4/c1-17(2,3)23-16(22)19-10-12(15(20)21)8-11-9-18-14-7-5-4-6-13(11)14/h4-7,9,12,18H,8,10H2,1-3H3,(H,19,22)(H,20,21). The van der Waals surface area contributed by atoms with Gasteiger partial charge in [0.2, 0.25) is 0 Å². The van der Waals surface area contributed by atoms with Crippen molar-refractivity contribution < 1.29 is 19.4 Å². The summed E-state index contributed by atoms with van der Waals surface area (Å²) in [6.07, 6.45) is 1.53.